The van der Waals surface area contributed by atoms with E-state index in [1.54, 1.807) is 13.6 Å². The number of nitrogens with zero attached hydrogens (tertiary/aromatic N) is 2. The zero-order valence-corrected chi connectivity index (χ0v) is 12.0. The Bertz CT molecular complexity index is 219. The first-order valence-electron chi connectivity index (χ1n) is 3.96. The van der Waals surface area contributed by atoms with Crippen molar-refractivity contribution in [2.24, 2.45) is 0 Å². The van der Waals surface area contributed by atoms with Crippen LogP contribution in [0.25, 0.3) is 0 Å². The maximum Gasteiger partial charge on any atom is 0.296 e. The predicted octanol–water partition coefficient (Wildman–Crippen LogP) is 1.29. The zero-order valence-electron chi connectivity index (χ0n) is 9.15. The van der Waals surface area contributed by atoms with Gasteiger partial charge in [-0.3, -0.25) is 9.59 Å². The zero-order chi connectivity index (χ0) is 9.30. The molecule has 3 amide bonds. The number of hydrogen-bond acceptors (Lipinski definition) is 2. The maximum absolute atomic E-state index is 11.4. The van der Waals surface area contributed by atoms with E-state index in [2.05, 4.69) is 0 Å². The summed E-state index contributed by atoms with van der Waals surface area (Å²) in [4.78, 5) is 24.9. The van der Waals surface area contributed by atoms with Crippen LogP contribution in [0.5, 0.6) is 0 Å². The first-order valence-corrected chi connectivity index (χ1v) is 3.96. The number of likely N-dealkylation sites (tertiary alicyclic amines) is 1. The minimum absolute atomic E-state index is 0. The van der Waals surface area contributed by atoms with Gasteiger partial charge in [0.2, 0.25) is 0 Å². The minimum atomic E-state index is -0.235. The van der Waals surface area contributed by atoms with Crippen LogP contribution >= 0.6 is 0 Å². The van der Waals surface area contributed by atoms with E-state index < -0.39 is 0 Å². The molecule has 0 saturated carbocycles. The average molecular weight is 273 g/mol. The molecule has 0 N–H and O–H groups in total. The second kappa shape index (κ2) is 6.51. The van der Waals surface area contributed by atoms with Gasteiger partial charge >= 0.3 is 0 Å². The molecule has 4 nitrogen and oxygen atoms in total. The molecule has 0 aliphatic carbocycles. The van der Waals surface area contributed by atoms with E-state index in [4.69, 9.17) is 0 Å². The Labute approximate surface area is 111 Å². The van der Waals surface area contributed by atoms with Crippen LogP contribution in [0.1, 0.15) is 20.3 Å². The van der Waals surface area contributed by atoms with Gasteiger partial charge in [0.15, 0.2) is 5.91 Å². The molecule has 1 fully saturated rings. The van der Waals surface area contributed by atoms with Gasteiger partial charge in [0.05, 0.1) is 0 Å². The van der Waals surface area contributed by atoms with Gasteiger partial charge in [-0.1, -0.05) is 6.42 Å². The summed E-state index contributed by atoms with van der Waals surface area (Å²) in [5.74, 6) is -0.118. The molecular weight excluding hydrogens is 257 g/mol. The van der Waals surface area contributed by atoms with E-state index in [0.29, 0.717) is 6.42 Å². The van der Waals surface area contributed by atoms with Crippen LogP contribution in [-0.2, 0) is 37.5 Å². The first kappa shape index (κ1) is 16.5. The van der Waals surface area contributed by atoms with Gasteiger partial charge in [-0.25, -0.2) is 6.54 Å². The number of hydrogen-bond donors (Lipinski definition) is 0. The van der Waals surface area contributed by atoms with E-state index in [9.17, 15) is 9.59 Å². The molecule has 79 valence electrons. The fourth-order valence-corrected chi connectivity index (χ4v) is 0.833. The summed E-state index contributed by atoms with van der Waals surface area (Å²) in [6, 6.07) is -0.111. The number of rotatable bonds is 1. The smallest absolute Gasteiger partial charge is 0.296 e. The van der Waals surface area contributed by atoms with Crippen LogP contribution in [0.3, 0.4) is 0 Å². The van der Waals surface area contributed by atoms with Crippen molar-refractivity contribution in [2.75, 3.05) is 7.05 Å². The van der Waals surface area contributed by atoms with Crippen molar-refractivity contribution in [1.29, 1.82) is 0 Å². The summed E-state index contributed by atoms with van der Waals surface area (Å²) < 4.78 is 0. The third-order valence-corrected chi connectivity index (χ3v) is 2.00. The van der Waals surface area contributed by atoms with Crippen molar-refractivity contribution in [1.82, 2.24) is 9.80 Å². The Morgan fingerprint density at radius 3 is 2.29 bits per heavy atom. The average Bonchev–Trinajstić information content (AvgIpc) is 2.00. The van der Waals surface area contributed by atoms with Gasteiger partial charge in [0.25, 0.3) is 6.03 Å². The van der Waals surface area contributed by atoms with Crippen molar-refractivity contribution in [3.63, 3.8) is 0 Å². The van der Waals surface area contributed by atoms with Gasteiger partial charge in [-0.05, 0) is 13.8 Å². The molecule has 0 aromatic carbocycles. The fourth-order valence-electron chi connectivity index (χ4n) is 0.833. The molecule has 1 radical (unpaired) electrons. The van der Waals surface area contributed by atoms with E-state index in [1.807, 2.05) is 13.8 Å². The molecule has 0 spiro atoms. The van der Waals surface area contributed by atoms with Crippen LogP contribution in [0.2, 0.25) is 0 Å². The van der Waals surface area contributed by atoms with Gasteiger partial charge in [-0.15, -0.1) is 0 Å². The van der Waals surface area contributed by atoms with E-state index >= 15 is 0 Å². The second-order valence-corrected chi connectivity index (χ2v) is 3.14. The van der Waals surface area contributed by atoms with Crippen LogP contribution in [0.15, 0.2) is 0 Å². The van der Waals surface area contributed by atoms with Gasteiger partial charge in [0, 0.05) is 45.8 Å². The molecule has 0 atom stereocenters. The largest absolute Gasteiger partial charge is 0.419 e. The molecule has 1 rings (SSSR count). The van der Waals surface area contributed by atoms with Gasteiger partial charge in [-0.2, -0.15) is 0 Å². The number of amides is 3. The fraction of sp³-hybridized carbons (Fsp3) is 0.556. The maximum atomic E-state index is 11.4. The van der Waals surface area contributed by atoms with Crippen LogP contribution < -0.4 is 0 Å². The molecule has 14 heavy (non-hydrogen) atoms. The number of carbonyl (C=O) groups is 2. The molecule has 0 unspecified atom stereocenters. The van der Waals surface area contributed by atoms with E-state index in [-0.39, 0.29) is 58.1 Å². The third kappa shape index (κ3) is 3.32. The monoisotopic (exact) mass is 273 g/mol. The summed E-state index contributed by atoms with van der Waals surface area (Å²) in [5.41, 5.74) is 0. The van der Waals surface area contributed by atoms with Crippen molar-refractivity contribution >= 4 is 11.9 Å². The number of carbonyl (C=O) groups excluding carboxylic acids is 2. The molecule has 0 aromatic rings. The Hall–Kier alpha value is 0.0439. The Balaban J connectivity index is 0. The third-order valence-electron chi connectivity index (χ3n) is 2.00. The molecule has 0 aromatic heterocycles. The second-order valence-electron chi connectivity index (χ2n) is 3.14. The SMILES string of the molecule is CC(C)N(C)C(=O)N1[CH-]CC1=O.[CH3-].[Y]. The van der Waals surface area contributed by atoms with Gasteiger partial charge < -0.3 is 17.2 Å². The molecule has 0 bridgehead atoms. The molecular formula is C9H16N2O2Y-2. The van der Waals surface area contributed by atoms with E-state index in [0.717, 1.165) is 4.90 Å². The van der Waals surface area contributed by atoms with Crippen LogP contribution in [-0.4, -0.2) is 34.8 Å². The van der Waals surface area contributed by atoms with Crippen molar-refractivity contribution in [3.05, 3.63) is 14.0 Å². The quantitative estimate of drug-likeness (QED) is 0.533. The molecule has 1 aliphatic rings. The van der Waals surface area contributed by atoms with Crippen molar-refractivity contribution in [2.45, 2.75) is 26.3 Å². The normalized spacial score (nSPS) is 14.0. The van der Waals surface area contributed by atoms with Crippen molar-refractivity contribution in [3.8, 4) is 0 Å². The van der Waals surface area contributed by atoms with Crippen LogP contribution in [0.4, 0.5) is 4.79 Å². The Morgan fingerprint density at radius 2 is 2.07 bits per heavy atom. The standard InChI is InChI=1S/C8H13N2O2.CH3.Y/c1-6(2)9(3)8(12)10-5-4-7(10)11;;/h5-6H,4H2,1-3H3;1H3;/q2*-1;. The summed E-state index contributed by atoms with van der Waals surface area (Å²) in [7, 11) is 1.69. The minimum Gasteiger partial charge on any atom is -0.419 e. The first-order chi connectivity index (χ1) is 5.54. The molecule has 1 heterocycles. The molecule has 1 saturated heterocycles. The molecule has 5 heteroatoms. The van der Waals surface area contributed by atoms with Gasteiger partial charge in [0.1, 0.15) is 0 Å². The summed E-state index contributed by atoms with van der Waals surface area (Å²) in [5, 5.41) is 0. The number of β-lactam (4-membered cyclic amide) rings is 1. The Kier molecular flexibility index (Phi) is 7.66. The number of urea groups is 1. The van der Waals surface area contributed by atoms with Crippen LogP contribution in [0, 0.1) is 14.0 Å². The Morgan fingerprint density at radius 1 is 1.57 bits per heavy atom. The summed E-state index contributed by atoms with van der Waals surface area (Å²) >= 11 is 0. The predicted molar refractivity (Wildman–Crippen MR) is 50.5 cm³/mol. The topological polar surface area (TPSA) is 40.6 Å². The van der Waals surface area contributed by atoms with E-state index in [1.165, 1.54) is 4.90 Å². The summed E-state index contributed by atoms with van der Waals surface area (Å²) in [6.07, 6.45) is 0.387. The molecule has 1 aliphatic heterocycles. The van der Waals surface area contributed by atoms with Crippen molar-refractivity contribution < 1.29 is 42.3 Å². The summed E-state index contributed by atoms with van der Waals surface area (Å²) in [6.45, 7) is 5.41. The number of imide groups is 1.